The maximum atomic E-state index is 13.2. The Hall–Kier alpha value is -2.11. The lowest BCUT2D eigenvalue weighted by Gasteiger charge is -2.17. The summed E-state index contributed by atoms with van der Waals surface area (Å²) in [6.07, 6.45) is 0.105. The van der Waals surface area contributed by atoms with E-state index in [9.17, 15) is 9.18 Å². The molecule has 0 spiro atoms. The predicted molar refractivity (Wildman–Crippen MR) is 73.8 cm³/mol. The minimum absolute atomic E-state index is 0.209. The SMILES string of the molecule is CCCNC(=O)C(C)Oc1ccc(F)cc1/C(C)=N/O. The van der Waals surface area contributed by atoms with E-state index in [4.69, 9.17) is 9.94 Å². The van der Waals surface area contributed by atoms with Crippen LogP contribution in [0, 0.1) is 5.82 Å². The smallest absolute Gasteiger partial charge is 0.260 e. The van der Waals surface area contributed by atoms with Gasteiger partial charge < -0.3 is 15.3 Å². The average Bonchev–Trinajstić information content (AvgIpc) is 2.45. The van der Waals surface area contributed by atoms with Crippen molar-refractivity contribution in [3.8, 4) is 5.75 Å². The number of ether oxygens (including phenoxy) is 1. The lowest BCUT2D eigenvalue weighted by molar-refractivity contribution is -0.127. The first kappa shape index (κ1) is 15.9. The molecule has 1 unspecified atom stereocenters. The summed E-state index contributed by atoms with van der Waals surface area (Å²) < 4.78 is 18.7. The van der Waals surface area contributed by atoms with Gasteiger partial charge >= 0.3 is 0 Å². The minimum atomic E-state index is -0.725. The van der Waals surface area contributed by atoms with Crippen LogP contribution in [0.15, 0.2) is 23.4 Å². The molecule has 1 atom stereocenters. The fraction of sp³-hybridized carbons (Fsp3) is 0.429. The van der Waals surface area contributed by atoms with Gasteiger partial charge in [-0.25, -0.2) is 4.39 Å². The van der Waals surface area contributed by atoms with Crippen molar-refractivity contribution >= 4 is 11.6 Å². The second-order valence-electron chi connectivity index (χ2n) is 4.38. The first-order valence-electron chi connectivity index (χ1n) is 6.42. The normalized spacial score (nSPS) is 12.9. The zero-order valence-corrected chi connectivity index (χ0v) is 11.8. The van der Waals surface area contributed by atoms with E-state index in [1.165, 1.54) is 25.1 Å². The second kappa shape index (κ2) is 7.47. The van der Waals surface area contributed by atoms with E-state index in [0.717, 1.165) is 6.42 Å². The van der Waals surface area contributed by atoms with E-state index < -0.39 is 11.9 Å². The van der Waals surface area contributed by atoms with Gasteiger partial charge in [-0.1, -0.05) is 12.1 Å². The molecule has 0 aromatic heterocycles. The molecule has 0 radical (unpaired) electrons. The summed E-state index contributed by atoms with van der Waals surface area (Å²) in [6, 6.07) is 3.82. The monoisotopic (exact) mass is 282 g/mol. The van der Waals surface area contributed by atoms with Gasteiger partial charge in [0.2, 0.25) is 0 Å². The van der Waals surface area contributed by atoms with Crippen molar-refractivity contribution in [1.29, 1.82) is 0 Å². The number of carbonyl (C=O) groups excluding carboxylic acids is 1. The summed E-state index contributed by atoms with van der Waals surface area (Å²) in [7, 11) is 0. The van der Waals surface area contributed by atoms with Crippen molar-refractivity contribution in [2.45, 2.75) is 33.3 Å². The standard InChI is InChI=1S/C14H19FN2O3/c1-4-7-16-14(18)10(3)20-13-6-5-11(15)8-12(13)9(2)17-19/h5-6,8,10,19H,4,7H2,1-3H3,(H,16,18)/b17-9+. The Morgan fingerprint density at radius 1 is 1.55 bits per heavy atom. The number of oxime groups is 1. The number of hydrogen-bond donors (Lipinski definition) is 2. The summed E-state index contributed by atoms with van der Waals surface area (Å²) in [5, 5.41) is 14.5. The highest BCUT2D eigenvalue weighted by atomic mass is 19.1. The Kier molecular flexibility index (Phi) is 5.96. The van der Waals surface area contributed by atoms with Crippen LogP contribution in [0.1, 0.15) is 32.8 Å². The van der Waals surface area contributed by atoms with E-state index >= 15 is 0 Å². The zero-order valence-electron chi connectivity index (χ0n) is 11.8. The first-order valence-corrected chi connectivity index (χ1v) is 6.42. The highest BCUT2D eigenvalue weighted by Crippen LogP contribution is 2.22. The average molecular weight is 282 g/mol. The Morgan fingerprint density at radius 2 is 2.25 bits per heavy atom. The number of nitrogens with one attached hydrogen (secondary N) is 1. The molecule has 1 aromatic carbocycles. The third-order valence-electron chi connectivity index (χ3n) is 2.70. The summed E-state index contributed by atoms with van der Waals surface area (Å²) in [5.74, 6) is -0.431. The van der Waals surface area contributed by atoms with Gasteiger partial charge in [-0.3, -0.25) is 4.79 Å². The predicted octanol–water partition coefficient (Wildman–Crippen LogP) is 2.32. The molecule has 0 saturated carbocycles. The van der Waals surface area contributed by atoms with Crippen LogP contribution >= 0.6 is 0 Å². The van der Waals surface area contributed by atoms with Crippen molar-refractivity contribution in [1.82, 2.24) is 5.32 Å². The van der Waals surface area contributed by atoms with Crippen LogP contribution in [-0.4, -0.2) is 29.5 Å². The van der Waals surface area contributed by atoms with Crippen LogP contribution in [-0.2, 0) is 4.79 Å². The van der Waals surface area contributed by atoms with Gasteiger partial charge in [-0.05, 0) is 38.5 Å². The molecule has 0 bridgehead atoms. The highest BCUT2D eigenvalue weighted by Gasteiger charge is 2.17. The van der Waals surface area contributed by atoms with Crippen LogP contribution in [0.4, 0.5) is 4.39 Å². The maximum Gasteiger partial charge on any atom is 0.260 e. The van der Waals surface area contributed by atoms with E-state index in [0.29, 0.717) is 17.9 Å². The fourth-order valence-corrected chi connectivity index (χ4v) is 1.58. The van der Waals surface area contributed by atoms with Crippen molar-refractivity contribution in [2.24, 2.45) is 5.16 Å². The quantitative estimate of drug-likeness (QED) is 0.478. The van der Waals surface area contributed by atoms with Gasteiger partial charge in [0, 0.05) is 12.1 Å². The molecule has 1 rings (SSSR count). The van der Waals surface area contributed by atoms with Crippen molar-refractivity contribution in [3.63, 3.8) is 0 Å². The topological polar surface area (TPSA) is 70.9 Å². The lowest BCUT2D eigenvalue weighted by atomic mass is 10.1. The number of benzene rings is 1. The molecule has 0 saturated heterocycles. The van der Waals surface area contributed by atoms with Crippen molar-refractivity contribution in [2.75, 3.05) is 6.54 Å². The fourth-order valence-electron chi connectivity index (χ4n) is 1.58. The third kappa shape index (κ3) is 4.22. The van der Waals surface area contributed by atoms with Crippen LogP contribution in [0.3, 0.4) is 0 Å². The van der Waals surface area contributed by atoms with Gasteiger partial charge in [-0.2, -0.15) is 0 Å². The molecule has 1 amide bonds. The summed E-state index contributed by atoms with van der Waals surface area (Å²) in [5.41, 5.74) is 0.517. The molecular weight excluding hydrogens is 263 g/mol. The zero-order chi connectivity index (χ0) is 15.1. The van der Waals surface area contributed by atoms with E-state index in [2.05, 4.69) is 10.5 Å². The van der Waals surface area contributed by atoms with Gasteiger partial charge in [-0.15, -0.1) is 0 Å². The number of carbonyl (C=O) groups is 1. The number of rotatable bonds is 6. The number of nitrogens with zero attached hydrogens (tertiary/aromatic N) is 1. The van der Waals surface area contributed by atoms with E-state index in [1.54, 1.807) is 6.92 Å². The van der Waals surface area contributed by atoms with Gasteiger partial charge in [0.15, 0.2) is 6.10 Å². The van der Waals surface area contributed by atoms with Gasteiger partial charge in [0.25, 0.3) is 5.91 Å². The molecular formula is C14H19FN2O3. The molecule has 6 heteroatoms. The largest absolute Gasteiger partial charge is 0.480 e. The molecule has 0 heterocycles. The Bertz CT molecular complexity index is 503. The van der Waals surface area contributed by atoms with E-state index in [1.807, 2.05) is 6.92 Å². The van der Waals surface area contributed by atoms with Crippen molar-refractivity contribution in [3.05, 3.63) is 29.6 Å². The van der Waals surface area contributed by atoms with Crippen molar-refractivity contribution < 1.29 is 19.1 Å². The number of halogens is 1. The first-order chi connectivity index (χ1) is 9.49. The molecule has 0 aliphatic rings. The summed E-state index contributed by atoms with van der Waals surface area (Å²) >= 11 is 0. The Morgan fingerprint density at radius 3 is 2.85 bits per heavy atom. The van der Waals surface area contributed by atoms with E-state index in [-0.39, 0.29) is 11.6 Å². The Balaban J connectivity index is 2.89. The molecule has 5 nitrogen and oxygen atoms in total. The van der Waals surface area contributed by atoms with Crippen LogP contribution in [0.2, 0.25) is 0 Å². The number of amides is 1. The van der Waals surface area contributed by atoms with Gasteiger partial charge in [0.1, 0.15) is 11.6 Å². The lowest BCUT2D eigenvalue weighted by Crippen LogP contribution is -2.36. The summed E-state index contributed by atoms with van der Waals surface area (Å²) in [4.78, 5) is 11.7. The summed E-state index contributed by atoms with van der Waals surface area (Å²) in [6.45, 7) is 5.64. The maximum absolute atomic E-state index is 13.2. The third-order valence-corrected chi connectivity index (χ3v) is 2.70. The van der Waals surface area contributed by atoms with Crippen LogP contribution in [0.25, 0.3) is 0 Å². The molecule has 110 valence electrons. The second-order valence-corrected chi connectivity index (χ2v) is 4.38. The highest BCUT2D eigenvalue weighted by molar-refractivity contribution is 6.00. The minimum Gasteiger partial charge on any atom is -0.480 e. The van der Waals surface area contributed by atoms with Crippen LogP contribution in [0.5, 0.6) is 5.75 Å². The molecule has 0 fully saturated rings. The molecule has 2 N–H and O–H groups in total. The Labute approximate surface area is 117 Å². The van der Waals surface area contributed by atoms with Crippen LogP contribution < -0.4 is 10.1 Å². The molecule has 1 aromatic rings. The molecule has 20 heavy (non-hydrogen) atoms. The molecule has 0 aliphatic heterocycles. The molecule has 0 aliphatic carbocycles. The number of hydrogen-bond acceptors (Lipinski definition) is 4. The van der Waals surface area contributed by atoms with Gasteiger partial charge in [0.05, 0.1) is 5.71 Å².